The van der Waals surface area contributed by atoms with Crippen LogP contribution >= 0.6 is 39.3 Å². The fourth-order valence-corrected chi connectivity index (χ4v) is 3.44. The molecule has 5 heteroatoms. The van der Waals surface area contributed by atoms with E-state index in [1.807, 2.05) is 37.3 Å². The third-order valence-electron chi connectivity index (χ3n) is 2.40. The zero-order valence-electron chi connectivity index (χ0n) is 9.73. The molecule has 1 aromatic carbocycles. The maximum Gasteiger partial charge on any atom is 0.119 e. The Morgan fingerprint density at radius 2 is 2.17 bits per heavy atom. The summed E-state index contributed by atoms with van der Waals surface area (Å²) in [6.45, 7) is 1.96. The van der Waals surface area contributed by atoms with Crippen molar-refractivity contribution >= 4 is 39.3 Å². The molecule has 2 N–H and O–H groups in total. The summed E-state index contributed by atoms with van der Waals surface area (Å²) in [6, 6.07) is 9.75. The van der Waals surface area contributed by atoms with Gasteiger partial charge in [-0.3, -0.25) is 0 Å². The zero-order chi connectivity index (χ0) is 13.1. The highest BCUT2D eigenvalue weighted by molar-refractivity contribution is 9.10. The van der Waals surface area contributed by atoms with Gasteiger partial charge >= 0.3 is 0 Å². The number of nitrogens with zero attached hydrogens (tertiary/aromatic N) is 1. The van der Waals surface area contributed by atoms with Crippen LogP contribution in [0.4, 0.5) is 0 Å². The van der Waals surface area contributed by atoms with Crippen molar-refractivity contribution in [1.82, 2.24) is 4.98 Å². The van der Waals surface area contributed by atoms with E-state index in [-0.39, 0.29) is 6.04 Å². The third-order valence-corrected chi connectivity index (χ3v) is 4.51. The van der Waals surface area contributed by atoms with E-state index in [1.165, 1.54) is 11.8 Å². The minimum atomic E-state index is 0.0110. The second-order valence-electron chi connectivity index (χ2n) is 3.86. The van der Waals surface area contributed by atoms with Gasteiger partial charge in [0.2, 0.25) is 0 Å². The van der Waals surface area contributed by atoms with Crippen LogP contribution in [-0.2, 0) is 0 Å². The van der Waals surface area contributed by atoms with Gasteiger partial charge in [-0.2, -0.15) is 0 Å². The number of aromatic nitrogens is 1. The summed E-state index contributed by atoms with van der Waals surface area (Å²) in [5.41, 5.74) is 6.96. The van der Waals surface area contributed by atoms with Crippen LogP contribution in [0.1, 0.15) is 18.5 Å². The molecule has 0 aliphatic rings. The molecular formula is C13H12BrClN2S. The Hall–Kier alpha value is -0.550. The highest BCUT2D eigenvalue weighted by Gasteiger charge is 2.08. The number of pyridine rings is 1. The molecule has 0 bridgehead atoms. The highest BCUT2D eigenvalue weighted by atomic mass is 79.9. The molecule has 1 heterocycles. The molecule has 0 fully saturated rings. The van der Waals surface area contributed by atoms with Crippen molar-refractivity contribution in [2.75, 3.05) is 0 Å². The Labute approximate surface area is 124 Å². The standard InChI is InChI=1S/C13H12BrClN2S/c1-8(16)10-5-4-9(7-11(10)14)18-13-12(15)3-2-6-17-13/h2-8H,16H2,1H3. The van der Waals surface area contributed by atoms with Gasteiger partial charge in [0.05, 0.1) is 5.02 Å². The Morgan fingerprint density at radius 1 is 1.39 bits per heavy atom. The van der Waals surface area contributed by atoms with Crippen LogP contribution in [0, 0.1) is 0 Å². The molecule has 0 aliphatic heterocycles. The number of hydrogen-bond acceptors (Lipinski definition) is 3. The monoisotopic (exact) mass is 342 g/mol. The van der Waals surface area contributed by atoms with E-state index >= 15 is 0 Å². The first-order valence-electron chi connectivity index (χ1n) is 5.41. The smallest absolute Gasteiger partial charge is 0.119 e. The molecule has 0 aliphatic carbocycles. The summed E-state index contributed by atoms with van der Waals surface area (Å²) < 4.78 is 1.01. The van der Waals surface area contributed by atoms with Crippen molar-refractivity contribution in [1.29, 1.82) is 0 Å². The number of benzene rings is 1. The average molecular weight is 344 g/mol. The molecule has 0 amide bonds. The number of halogens is 2. The number of nitrogens with two attached hydrogens (primary N) is 1. The summed E-state index contributed by atoms with van der Waals surface area (Å²) in [5, 5.41) is 1.47. The first kappa shape index (κ1) is 13.9. The molecule has 0 saturated carbocycles. The van der Waals surface area contributed by atoms with E-state index in [2.05, 4.69) is 20.9 Å². The zero-order valence-corrected chi connectivity index (χ0v) is 12.9. The van der Waals surface area contributed by atoms with E-state index in [0.29, 0.717) is 5.02 Å². The second kappa shape index (κ2) is 6.06. The van der Waals surface area contributed by atoms with Gasteiger partial charge < -0.3 is 5.73 Å². The third kappa shape index (κ3) is 3.26. The molecule has 94 valence electrons. The molecule has 1 unspecified atom stereocenters. The summed E-state index contributed by atoms with van der Waals surface area (Å²) >= 11 is 11.1. The molecular weight excluding hydrogens is 332 g/mol. The van der Waals surface area contributed by atoms with Crippen molar-refractivity contribution in [3.8, 4) is 0 Å². The van der Waals surface area contributed by atoms with Crippen molar-refractivity contribution in [3.63, 3.8) is 0 Å². The molecule has 2 nitrogen and oxygen atoms in total. The SMILES string of the molecule is CC(N)c1ccc(Sc2ncccc2Cl)cc1Br. The molecule has 1 aromatic heterocycles. The Bertz CT molecular complexity index is 560. The minimum Gasteiger partial charge on any atom is -0.324 e. The first-order valence-corrected chi connectivity index (χ1v) is 7.40. The van der Waals surface area contributed by atoms with Gasteiger partial charge in [0.25, 0.3) is 0 Å². The first-order chi connectivity index (χ1) is 8.58. The Balaban J connectivity index is 2.26. The van der Waals surface area contributed by atoms with Crippen molar-refractivity contribution in [3.05, 3.63) is 51.6 Å². The minimum absolute atomic E-state index is 0.0110. The second-order valence-corrected chi connectivity index (χ2v) is 6.19. The summed E-state index contributed by atoms with van der Waals surface area (Å²) in [6.07, 6.45) is 1.74. The van der Waals surface area contributed by atoms with Crippen LogP contribution in [0.2, 0.25) is 5.02 Å². The maximum absolute atomic E-state index is 6.08. The predicted molar refractivity (Wildman–Crippen MR) is 80.1 cm³/mol. The van der Waals surface area contributed by atoms with Crippen LogP contribution in [0.25, 0.3) is 0 Å². The van der Waals surface area contributed by atoms with Crippen LogP contribution in [-0.4, -0.2) is 4.98 Å². The lowest BCUT2D eigenvalue weighted by molar-refractivity contribution is 0.811. The van der Waals surface area contributed by atoms with Crippen LogP contribution in [0.3, 0.4) is 0 Å². The van der Waals surface area contributed by atoms with E-state index < -0.39 is 0 Å². The van der Waals surface area contributed by atoms with Gasteiger partial charge in [0, 0.05) is 21.6 Å². The molecule has 0 radical (unpaired) electrons. The molecule has 0 saturated heterocycles. The van der Waals surface area contributed by atoms with Gasteiger partial charge in [-0.15, -0.1) is 0 Å². The van der Waals surface area contributed by atoms with E-state index in [1.54, 1.807) is 6.20 Å². The van der Waals surface area contributed by atoms with E-state index in [4.69, 9.17) is 17.3 Å². The van der Waals surface area contributed by atoms with Crippen molar-refractivity contribution in [2.24, 2.45) is 5.73 Å². The van der Waals surface area contributed by atoms with E-state index in [9.17, 15) is 0 Å². The maximum atomic E-state index is 6.08. The number of hydrogen-bond donors (Lipinski definition) is 1. The topological polar surface area (TPSA) is 38.9 Å². The Morgan fingerprint density at radius 3 is 2.78 bits per heavy atom. The number of rotatable bonds is 3. The molecule has 2 rings (SSSR count). The van der Waals surface area contributed by atoms with Crippen LogP contribution < -0.4 is 5.73 Å². The highest BCUT2D eigenvalue weighted by Crippen LogP contribution is 2.34. The van der Waals surface area contributed by atoms with Gasteiger partial charge in [-0.05, 0) is 36.8 Å². The van der Waals surface area contributed by atoms with Gasteiger partial charge in [-0.1, -0.05) is 45.4 Å². The summed E-state index contributed by atoms with van der Waals surface area (Å²) in [7, 11) is 0. The lowest BCUT2D eigenvalue weighted by Gasteiger charge is -2.10. The molecule has 2 aromatic rings. The van der Waals surface area contributed by atoms with E-state index in [0.717, 1.165) is 20.0 Å². The quantitative estimate of drug-likeness (QED) is 0.880. The lowest BCUT2D eigenvalue weighted by Crippen LogP contribution is -2.05. The molecule has 1 atom stereocenters. The Kier molecular flexibility index (Phi) is 4.67. The van der Waals surface area contributed by atoms with Gasteiger partial charge in [0.15, 0.2) is 0 Å². The van der Waals surface area contributed by atoms with Gasteiger partial charge in [-0.25, -0.2) is 4.98 Å². The average Bonchev–Trinajstić information content (AvgIpc) is 2.32. The molecule has 18 heavy (non-hydrogen) atoms. The fraction of sp³-hybridized carbons (Fsp3) is 0.154. The fourth-order valence-electron chi connectivity index (χ4n) is 1.50. The lowest BCUT2D eigenvalue weighted by atomic mass is 10.1. The van der Waals surface area contributed by atoms with Crippen LogP contribution in [0.15, 0.2) is 50.9 Å². The molecule has 0 spiro atoms. The normalized spacial score (nSPS) is 12.4. The largest absolute Gasteiger partial charge is 0.324 e. The van der Waals surface area contributed by atoms with Crippen molar-refractivity contribution in [2.45, 2.75) is 22.9 Å². The van der Waals surface area contributed by atoms with Crippen LogP contribution in [0.5, 0.6) is 0 Å². The summed E-state index contributed by atoms with van der Waals surface area (Å²) in [4.78, 5) is 5.33. The van der Waals surface area contributed by atoms with Crippen molar-refractivity contribution < 1.29 is 0 Å². The summed E-state index contributed by atoms with van der Waals surface area (Å²) in [5.74, 6) is 0. The van der Waals surface area contributed by atoms with Gasteiger partial charge in [0.1, 0.15) is 5.03 Å². The predicted octanol–water partition coefficient (Wildman–Crippen LogP) is 4.67.